The number of aromatic nitrogens is 1. The number of nitrogens with zero attached hydrogens (tertiary/aromatic N) is 2. The summed E-state index contributed by atoms with van der Waals surface area (Å²) in [6.45, 7) is 2.45. The van der Waals surface area contributed by atoms with Crippen molar-refractivity contribution in [1.82, 2.24) is 9.88 Å². The first-order valence-electron chi connectivity index (χ1n) is 12.4. The fourth-order valence-electron chi connectivity index (χ4n) is 5.51. The van der Waals surface area contributed by atoms with E-state index >= 15 is 0 Å². The van der Waals surface area contributed by atoms with E-state index in [0.717, 1.165) is 30.5 Å². The van der Waals surface area contributed by atoms with E-state index < -0.39 is 23.7 Å². The molecule has 1 aromatic heterocycles. The number of carboxylic acid groups (broad SMARTS) is 1. The summed E-state index contributed by atoms with van der Waals surface area (Å²) in [5, 5.41) is 11.3. The van der Waals surface area contributed by atoms with Gasteiger partial charge >= 0.3 is 5.97 Å². The normalized spacial score (nSPS) is 22.8. The largest absolute Gasteiger partial charge is 0.497 e. The van der Waals surface area contributed by atoms with Crippen LogP contribution in [0.15, 0.2) is 24.4 Å². The molecule has 0 spiro atoms. The molecule has 186 valence electrons. The van der Waals surface area contributed by atoms with Crippen molar-refractivity contribution in [2.24, 2.45) is 17.6 Å². The van der Waals surface area contributed by atoms with Crippen molar-refractivity contribution in [3.63, 3.8) is 0 Å². The second-order valence-corrected chi connectivity index (χ2v) is 11.1. The van der Waals surface area contributed by atoms with Gasteiger partial charge in [-0.05, 0) is 62.8 Å². The summed E-state index contributed by atoms with van der Waals surface area (Å²) in [5.41, 5.74) is 7.57. The van der Waals surface area contributed by atoms with Gasteiger partial charge in [0, 0.05) is 41.1 Å². The zero-order valence-corrected chi connectivity index (χ0v) is 20.7. The molecule has 2 fully saturated rings. The van der Waals surface area contributed by atoms with Crippen molar-refractivity contribution in [3.05, 3.63) is 35.8 Å². The minimum absolute atomic E-state index is 0.0491. The molecule has 3 atom stereocenters. The van der Waals surface area contributed by atoms with Gasteiger partial charge in [0.1, 0.15) is 11.6 Å². The number of fused-ring (bicyclic) bond motifs is 1. The van der Waals surface area contributed by atoms with Crippen molar-refractivity contribution in [3.8, 4) is 5.75 Å². The Bertz CT molecular complexity index is 985. The van der Waals surface area contributed by atoms with Crippen LogP contribution in [0.1, 0.15) is 56.6 Å². The highest BCUT2D eigenvalue weighted by atomic mass is 32.2. The Kier molecular flexibility index (Phi) is 8.66. The van der Waals surface area contributed by atoms with Crippen molar-refractivity contribution in [1.29, 1.82) is 0 Å². The zero-order chi connectivity index (χ0) is 24.1. The summed E-state index contributed by atoms with van der Waals surface area (Å²) in [7, 11) is 1.57. The first kappa shape index (κ1) is 25.2. The van der Waals surface area contributed by atoms with Crippen LogP contribution >= 0.6 is 11.8 Å². The van der Waals surface area contributed by atoms with Crippen LogP contribution in [0.5, 0.6) is 5.75 Å². The van der Waals surface area contributed by atoms with E-state index in [1.807, 2.05) is 11.8 Å². The summed E-state index contributed by atoms with van der Waals surface area (Å²) in [6, 6.07) is 4.82. The van der Waals surface area contributed by atoms with Crippen LogP contribution in [-0.2, 0) is 4.79 Å². The van der Waals surface area contributed by atoms with Gasteiger partial charge in [0.25, 0.3) is 0 Å². The number of methoxy groups -OCH3 is 1. The molecular weight excluding hydrogens is 453 g/mol. The SMILES string of the molecule is COc1ccc2ncc(F)c([C@H](N)CCC3CCN(CCSC4CCCC4)CC3C(=O)O)c2c1. The summed E-state index contributed by atoms with van der Waals surface area (Å²) in [6.07, 6.45) is 8.58. The number of carbonyl (C=O) groups is 1. The molecule has 1 aromatic carbocycles. The van der Waals surface area contributed by atoms with Crippen LogP contribution in [0.4, 0.5) is 4.39 Å². The van der Waals surface area contributed by atoms with Gasteiger partial charge in [-0.1, -0.05) is 12.8 Å². The first-order chi connectivity index (χ1) is 16.5. The van der Waals surface area contributed by atoms with E-state index in [9.17, 15) is 14.3 Å². The third-order valence-electron chi connectivity index (χ3n) is 7.51. The Hall–Kier alpha value is -1.90. The number of likely N-dealkylation sites (tertiary alicyclic amines) is 1. The topological polar surface area (TPSA) is 88.7 Å². The smallest absolute Gasteiger partial charge is 0.308 e. The fourth-order valence-corrected chi connectivity index (χ4v) is 6.87. The quantitative estimate of drug-likeness (QED) is 0.493. The second kappa shape index (κ2) is 11.7. The molecule has 1 aliphatic carbocycles. The molecule has 2 aromatic rings. The highest BCUT2D eigenvalue weighted by molar-refractivity contribution is 7.99. The summed E-state index contributed by atoms with van der Waals surface area (Å²) >= 11 is 2.05. The maximum absolute atomic E-state index is 14.8. The number of hydrogen-bond acceptors (Lipinski definition) is 6. The minimum Gasteiger partial charge on any atom is -0.497 e. The molecule has 4 rings (SSSR count). The van der Waals surface area contributed by atoms with Crippen LogP contribution < -0.4 is 10.5 Å². The van der Waals surface area contributed by atoms with Gasteiger partial charge in [-0.3, -0.25) is 9.78 Å². The maximum Gasteiger partial charge on any atom is 0.308 e. The van der Waals surface area contributed by atoms with E-state index in [4.69, 9.17) is 10.5 Å². The van der Waals surface area contributed by atoms with E-state index in [2.05, 4.69) is 9.88 Å². The monoisotopic (exact) mass is 489 g/mol. The number of pyridine rings is 1. The molecule has 1 saturated heterocycles. The highest BCUT2D eigenvalue weighted by Crippen LogP contribution is 2.34. The van der Waals surface area contributed by atoms with Crippen molar-refractivity contribution in [2.75, 3.05) is 32.5 Å². The van der Waals surface area contributed by atoms with Gasteiger partial charge in [0.05, 0.1) is 24.7 Å². The van der Waals surface area contributed by atoms with Gasteiger partial charge in [0.15, 0.2) is 0 Å². The molecule has 34 heavy (non-hydrogen) atoms. The van der Waals surface area contributed by atoms with Gasteiger partial charge in [0.2, 0.25) is 0 Å². The maximum atomic E-state index is 14.8. The number of thioether (sulfide) groups is 1. The average molecular weight is 490 g/mol. The Balaban J connectivity index is 1.36. The fraction of sp³-hybridized carbons (Fsp3) is 0.615. The van der Waals surface area contributed by atoms with Crippen LogP contribution in [0.3, 0.4) is 0 Å². The number of hydrogen-bond donors (Lipinski definition) is 2. The summed E-state index contributed by atoms with van der Waals surface area (Å²) in [4.78, 5) is 18.5. The molecule has 1 aliphatic heterocycles. The van der Waals surface area contributed by atoms with Gasteiger partial charge in [-0.15, -0.1) is 0 Å². The zero-order valence-electron chi connectivity index (χ0n) is 19.9. The highest BCUT2D eigenvalue weighted by Gasteiger charge is 2.34. The van der Waals surface area contributed by atoms with Gasteiger partial charge in [-0.2, -0.15) is 11.8 Å². The number of nitrogens with two attached hydrogens (primary N) is 1. The predicted octanol–water partition coefficient (Wildman–Crippen LogP) is 4.86. The second-order valence-electron chi connectivity index (χ2n) is 9.66. The van der Waals surface area contributed by atoms with Crippen molar-refractivity contribution < 1.29 is 19.0 Å². The lowest BCUT2D eigenvalue weighted by Gasteiger charge is -2.37. The first-order valence-corrected chi connectivity index (χ1v) is 13.5. The molecule has 3 N–H and O–H groups in total. The van der Waals surface area contributed by atoms with E-state index in [1.165, 1.54) is 31.9 Å². The average Bonchev–Trinajstić information content (AvgIpc) is 3.36. The molecule has 0 radical (unpaired) electrons. The number of aliphatic carboxylic acids is 1. The number of benzene rings is 1. The molecule has 8 heteroatoms. The molecule has 0 amide bonds. The van der Waals surface area contributed by atoms with E-state index in [0.29, 0.717) is 41.6 Å². The van der Waals surface area contributed by atoms with Gasteiger partial charge in [-0.25, -0.2) is 4.39 Å². The molecule has 6 nitrogen and oxygen atoms in total. The van der Waals surface area contributed by atoms with Crippen LogP contribution in [0.2, 0.25) is 0 Å². The third kappa shape index (κ3) is 6.01. The number of halogens is 1. The van der Waals surface area contributed by atoms with Crippen LogP contribution in [-0.4, -0.2) is 58.7 Å². The predicted molar refractivity (Wildman–Crippen MR) is 135 cm³/mol. The molecule has 0 bridgehead atoms. The minimum atomic E-state index is -0.739. The summed E-state index contributed by atoms with van der Waals surface area (Å²) in [5.74, 6) is 0.168. The van der Waals surface area contributed by atoms with Crippen LogP contribution in [0.25, 0.3) is 10.9 Å². The van der Waals surface area contributed by atoms with Crippen LogP contribution in [0, 0.1) is 17.7 Å². The van der Waals surface area contributed by atoms with Gasteiger partial charge < -0.3 is 20.5 Å². The lowest BCUT2D eigenvalue weighted by molar-refractivity contribution is -0.146. The number of ether oxygens (including phenoxy) is 1. The lowest BCUT2D eigenvalue weighted by Crippen LogP contribution is -2.44. The Morgan fingerprint density at radius 1 is 1.35 bits per heavy atom. The Morgan fingerprint density at radius 3 is 2.88 bits per heavy atom. The molecule has 2 unspecified atom stereocenters. The molecule has 2 aliphatic rings. The van der Waals surface area contributed by atoms with E-state index in [1.54, 1.807) is 25.3 Å². The number of piperidine rings is 1. The molecule has 1 saturated carbocycles. The standard InChI is InChI=1S/C26H36FN3O3S/c1-33-18-7-9-24-20(14-18)25(22(27)15-29-24)23(28)8-6-17-10-11-30(16-21(17)26(31)32)12-13-34-19-4-2-3-5-19/h7,9,14-15,17,19,21,23H,2-6,8,10-13,16,28H2,1H3,(H,31,32)/t17?,21?,23-/m1/s1. The third-order valence-corrected chi connectivity index (χ3v) is 8.87. The lowest BCUT2D eigenvalue weighted by atomic mass is 9.81. The Labute approximate surface area is 205 Å². The Morgan fingerprint density at radius 2 is 2.15 bits per heavy atom. The number of carboxylic acids is 1. The number of rotatable bonds is 10. The van der Waals surface area contributed by atoms with E-state index in [-0.39, 0.29) is 5.92 Å². The van der Waals surface area contributed by atoms with Crippen molar-refractivity contribution in [2.45, 2.75) is 56.2 Å². The van der Waals surface area contributed by atoms with Crippen molar-refractivity contribution >= 4 is 28.6 Å². The molecule has 2 heterocycles. The molecular formula is C26H36FN3O3S. The summed E-state index contributed by atoms with van der Waals surface area (Å²) < 4.78 is 20.1.